The Bertz CT molecular complexity index is 683. The van der Waals surface area contributed by atoms with E-state index in [1.54, 1.807) is 24.3 Å². The predicted molar refractivity (Wildman–Crippen MR) is 82.5 cm³/mol. The van der Waals surface area contributed by atoms with Gasteiger partial charge in [0.25, 0.3) is 0 Å². The molecule has 0 aliphatic rings. The maximum absolute atomic E-state index is 14.0. The molecule has 2 rings (SSSR count). The lowest BCUT2D eigenvalue weighted by Crippen LogP contribution is -2.42. The summed E-state index contributed by atoms with van der Waals surface area (Å²) in [7, 11) is 0. The van der Waals surface area contributed by atoms with Gasteiger partial charge in [0, 0.05) is 10.9 Å². The molecule has 0 saturated carbocycles. The number of carbonyl (C=O) groups excluding carboxylic acids is 1. The summed E-state index contributed by atoms with van der Waals surface area (Å²) in [6.07, 6.45) is 0. The number of esters is 1. The number of halogens is 4. The van der Waals surface area contributed by atoms with Gasteiger partial charge in [0.2, 0.25) is 0 Å². The Labute approximate surface area is 137 Å². The average Bonchev–Trinajstić information content (AvgIpc) is 2.46. The number of carbonyl (C=O) groups is 1. The van der Waals surface area contributed by atoms with Gasteiger partial charge in [-0.05, 0) is 19.1 Å². The monoisotopic (exact) mass is 350 g/mol. The highest BCUT2D eigenvalue weighted by atomic mass is 35.5. The molecule has 0 radical (unpaired) electrons. The fourth-order valence-corrected chi connectivity index (χ4v) is 2.14. The van der Waals surface area contributed by atoms with E-state index in [0.717, 1.165) is 0 Å². The highest BCUT2D eigenvalue weighted by Crippen LogP contribution is 2.35. The van der Waals surface area contributed by atoms with Crippen LogP contribution in [0.4, 0.5) is 8.78 Å². The van der Waals surface area contributed by atoms with Crippen LogP contribution < -0.4 is 5.73 Å². The van der Waals surface area contributed by atoms with Crippen LogP contribution in [0.3, 0.4) is 0 Å². The fraction of sp³-hybridized carbons (Fsp3) is 0.286. The highest BCUT2D eigenvalue weighted by molar-refractivity contribution is 6.30. The third kappa shape index (κ3) is 3.45. The van der Waals surface area contributed by atoms with E-state index < -0.39 is 17.9 Å². The zero-order valence-electron chi connectivity index (χ0n) is 11.6. The smallest absolute Gasteiger partial charge is 0.379 e. The number of nitrogens with two attached hydrogens (primary N) is 1. The van der Waals surface area contributed by atoms with Gasteiger partial charge in [0.15, 0.2) is 0 Å². The van der Waals surface area contributed by atoms with Crippen molar-refractivity contribution in [2.24, 2.45) is 5.73 Å². The van der Waals surface area contributed by atoms with Crippen LogP contribution in [0.1, 0.15) is 18.5 Å². The molecule has 8 heteroatoms. The topological polar surface area (TPSA) is 65.2 Å². The first-order valence-corrected chi connectivity index (χ1v) is 6.61. The second kappa shape index (κ2) is 7.17. The predicted octanol–water partition coefficient (Wildman–Crippen LogP) is 3.51. The SMILES string of the molecule is CCOC(=O)C(F)(F)[C@@H](N)c1cc2ccccc2nc1Cl.Cl. The van der Waals surface area contributed by atoms with Crippen LogP contribution in [0.25, 0.3) is 10.9 Å². The molecule has 0 saturated heterocycles. The van der Waals surface area contributed by atoms with E-state index in [0.29, 0.717) is 10.9 Å². The Morgan fingerprint density at radius 1 is 1.45 bits per heavy atom. The van der Waals surface area contributed by atoms with Gasteiger partial charge in [-0.15, -0.1) is 12.4 Å². The highest BCUT2D eigenvalue weighted by Gasteiger charge is 2.48. The zero-order chi connectivity index (χ0) is 15.6. The number of fused-ring (bicyclic) bond motifs is 1. The number of benzene rings is 1. The summed E-state index contributed by atoms with van der Waals surface area (Å²) >= 11 is 5.91. The van der Waals surface area contributed by atoms with Gasteiger partial charge in [0.05, 0.1) is 12.1 Å². The third-order valence-electron chi connectivity index (χ3n) is 2.98. The summed E-state index contributed by atoms with van der Waals surface area (Å²) in [5.41, 5.74) is 5.97. The second-order valence-electron chi connectivity index (χ2n) is 4.38. The zero-order valence-corrected chi connectivity index (χ0v) is 13.1. The average molecular weight is 351 g/mol. The quantitative estimate of drug-likeness (QED) is 0.676. The molecule has 0 bridgehead atoms. The lowest BCUT2D eigenvalue weighted by molar-refractivity contribution is -0.174. The number of pyridine rings is 1. The molecule has 0 amide bonds. The summed E-state index contributed by atoms with van der Waals surface area (Å²) in [4.78, 5) is 15.4. The van der Waals surface area contributed by atoms with Gasteiger partial charge < -0.3 is 10.5 Å². The van der Waals surface area contributed by atoms with Crippen molar-refractivity contribution in [1.29, 1.82) is 0 Å². The molecular weight excluding hydrogens is 337 g/mol. The molecule has 1 heterocycles. The molecule has 0 spiro atoms. The van der Waals surface area contributed by atoms with Gasteiger partial charge >= 0.3 is 11.9 Å². The van der Waals surface area contributed by atoms with E-state index >= 15 is 0 Å². The number of alkyl halides is 2. The van der Waals surface area contributed by atoms with Crippen LogP contribution in [-0.4, -0.2) is 23.5 Å². The van der Waals surface area contributed by atoms with Gasteiger partial charge in [-0.3, -0.25) is 0 Å². The Kier molecular flexibility index (Phi) is 6.05. The van der Waals surface area contributed by atoms with Crippen molar-refractivity contribution in [3.63, 3.8) is 0 Å². The van der Waals surface area contributed by atoms with Crippen molar-refractivity contribution in [3.8, 4) is 0 Å². The van der Waals surface area contributed by atoms with Crippen molar-refractivity contribution >= 4 is 40.9 Å². The number of hydrogen-bond donors (Lipinski definition) is 1. The van der Waals surface area contributed by atoms with Crippen molar-refractivity contribution in [3.05, 3.63) is 41.0 Å². The molecule has 0 unspecified atom stereocenters. The van der Waals surface area contributed by atoms with Crippen molar-refractivity contribution in [1.82, 2.24) is 4.98 Å². The molecule has 4 nitrogen and oxygen atoms in total. The van der Waals surface area contributed by atoms with Crippen molar-refractivity contribution in [2.45, 2.75) is 18.9 Å². The van der Waals surface area contributed by atoms with Gasteiger partial charge in [-0.1, -0.05) is 29.8 Å². The van der Waals surface area contributed by atoms with Crippen LogP contribution in [0, 0.1) is 0 Å². The summed E-state index contributed by atoms with van der Waals surface area (Å²) in [5.74, 6) is -5.56. The molecule has 1 aromatic heterocycles. The van der Waals surface area contributed by atoms with E-state index in [9.17, 15) is 13.6 Å². The minimum absolute atomic E-state index is 0. The summed E-state index contributed by atoms with van der Waals surface area (Å²) < 4.78 is 32.3. The number of rotatable bonds is 4. The summed E-state index contributed by atoms with van der Waals surface area (Å²) in [6.45, 7) is 1.27. The van der Waals surface area contributed by atoms with Gasteiger partial charge in [-0.25, -0.2) is 9.78 Å². The minimum atomic E-state index is -3.89. The lowest BCUT2D eigenvalue weighted by atomic mass is 10.0. The van der Waals surface area contributed by atoms with E-state index in [4.69, 9.17) is 17.3 Å². The first-order valence-electron chi connectivity index (χ1n) is 6.23. The minimum Gasteiger partial charge on any atom is -0.462 e. The van der Waals surface area contributed by atoms with Crippen LogP contribution in [0.2, 0.25) is 5.15 Å². The Morgan fingerprint density at radius 3 is 2.73 bits per heavy atom. The van der Waals surface area contributed by atoms with Gasteiger partial charge in [-0.2, -0.15) is 8.78 Å². The Balaban J connectivity index is 0.00000242. The number of para-hydroxylation sites is 1. The first kappa shape index (κ1) is 18.5. The Morgan fingerprint density at radius 2 is 2.09 bits per heavy atom. The molecular formula is C14H14Cl2F2N2O2. The first-order chi connectivity index (χ1) is 9.87. The number of ether oxygens (including phenoxy) is 1. The van der Waals surface area contributed by atoms with E-state index in [1.165, 1.54) is 13.0 Å². The van der Waals surface area contributed by atoms with Crippen LogP contribution >= 0.6 is 24.0 Å². The molecule has 1 atom stereocenters. The summed E-state index contributed by atoms with van der Waals surface area (Å²) in [5, 5.41) is 0.442. The Hall–Kier alpha value is -1.50. The lowest BCUT2D eigenvalue weighted by Gasteiger charge is -2.22. The molecule has 0 fully saturated rings. The van der Waals surface area contributed by atoms with E-state index in [-0.39, 0.29) is 29.7 Å². The molecule has 2 aromatic rings. The number of nitrogens with zero attached hydrogens (tertiary/aromatic N) is 1. The van der Waals surface area contributed by atoms with Crippen LogP contribution in [0.15, 0.2) is 30.3 Å². The summed E-state index contributed by atoms with van der Waals surface area (Å²) in [6, 6.07) is 6.34. The van der Waals surface area contributed by atoms with Crippen molar-refractivity contribution in [2.75, 3.05) is 6.61 Å². The third-order valence-corrected chi connectivity index (χ3v) is 3.28. The largest absolute Gasteiger partial charge is 0.462 e. The number of hydrogen-bond acceptors (Lipinski definition) is 4. The fourth-order valence-electron chi connectivity index (χ4n) is 1.88. The molecule has 0 aliphatic heterocycles. The maximum Gasteiger partial charge on any atom is 0.379 e. The molecule has 1 aromatic carbocycles. The van der Waals surface area contributed by atoms with E-state index in [1.807, 2.05) is 0 Å². The molecule has 120 valence electrons. The second-order valence-corrected chi connectivity index (χ2v) is 4.74. The van der Waals surface area contributed by atoms with Crippen molar-refractivity contribution < 1.29 is 18.3 Å². The standard InChI is InChI=1S/C14H13ClF2N2O2.ClH/c1-2-21-13(20)14(16,17)11(18)9-7-8-5-3-4-6-10(8)19-12(9)15;/h3-7,11H,2,18H2,1H3;1H/t11-;/m0./s1. The van der Waals surface area contributed by atoms with E-state index in [2.05, 4.69) is 9.72 Å². The van der Waals surface area contributed by atoms with Crippen LogP contribution in [0.5, 0.6) is 0 Å². The van der Waals surface area contributed by atoms with Gasteiger partial charge in [0.1, 0.15) is 11.2 Å². The molecule has 2 N–H and O–H groups in total. The van der Waals surface area contributed by atoms with Crippen LogP contribution in [-0.2, 0) is 9.53 Å². The molecule has 0 aliphatic carbocycles. The number of aromatic nitrogens is 1. The normalized spacial score (nSPS) is 12.6. The molecule has 22 heavy (non-hydrogen) atoms. The maximum atomic E-state index is 14.0.